The van der Waals surface area contributed by atoms with Crippen LogP contribution in [0.4, 0.5) is 0 Å². The summed E-state index contributed by atoms with van der Waals surface area (Å²) in [5, 5.41) is 38.6. The van der Waals surface area contributed by atoms with Crippen LogP contribution in [0.5, 0.6) is 0 Å². The van der Waals surface area contributed by atoms with Gasteiger partial charge in [-0.2, -0.15) is 0 Å². The molecule has 6 heteroatoms. The highest BCUT2D eigenvalue weighted by atomic mass is 16.7. The monoisotopic (exact) mass is 432 g/mol. The second kappa shape index (κ2) is 17.3. The molecule has 0 saturated carbocycles. The highest BCUT2D eigenvalue weighted by molar-refractivity contribution is 4.88. The molecule has 0 spiro atoms. The lowest BCUT2D eigenvalue weighted by atomic mass is 9.99. The van der Waals surface area contributed by atoms with Gasteiger partial charge in [-0.25, -0.2) is 0 Å². The van der Waals surface area contributed by atoms with Gasteiger partial charge in [0.15, 0.2) is 6.29 Å². The van der Waals surface area contributed by atoms with Crippen LogP contribution in [0.3, 0.4) is 0 Å². The molecule has 1 saturated heterocycles. The zero-order valence-electron chi connectivity index (χ0n) is 19.4. The Morgan fingerprint density at radius 3 is 1.60 bits per heavy atom. The fraction of sp³-hybridized carbons (Fsp3) is 1.00. The number of aliphatic hydroxyl groups excluding tert-OH is 4. The lowest BCUT2D eigenvalue weighted by molar-refractivity contribution is -0.301. The third-order valence-corrected chi connectivity index (χ3v) is 6.06. The lowest BCUT2D eigenvalue weighted by Gasteiger charge is -2.39. The van der Waals surface area contributed by atoms with Gasteiger partial charge < -0.3 is 29.9 Å². The predicted octanol–water partition coefficient (Wildman–Crippen LogP) is 3.92. The van der Waals surface area contributed by atoms with Gasteiger partial charge in [0.2, 0.25) is 0 Å². The van der Waals surface area contributed by atoms with E-state index in [2.05, 4.69) is 13.8 Å². The normalized spacial score (nSPS) is 27.1. The molecule has 5 atom stereocenters. The second-order valence-electron chi connectivity index (χ2n) is 9.35. The van der Waals surface area contributed by atoms with Crippen LogP contribution < -0.4 is 0 Å². The number of aliphatic hydroxyl groups is 4. The van der Waals surface area contributed by atoms with Gasteiger partial charge in [-0.3, -0.25) is 0 Å². The SMILES string of the molecule is CC(C)CCCCCCCCCCCCCCCOC1O[C@H](CO)[C@@H](O)[C@H](O)[C@H]1O. The van der Waals surface area contributed by atoms with Crippen molar-refractivity contribution in [1.82, 2.24) is 0 Å². The van der Waals surface area contributed by atoms with E-state index in [1.165, 1.54) is 77.0 Å². The topological polar surface area (TPSA) is 99.4 Å². The first kappa shape index (κ1) is 27.8. The molecular formula is C24H48O6. The Hall–Kier alpha value is -0.240. The summed E-state index contributed by atoms with van der Waals surface area (Å²) in [5.74, 6) is 0.847. The Morgan fingerprint density at radius 2 is 1.13 bits per heavy atom. The Balaban J connectivity index is 1.87. The maximum atomic E-state index is 9.91. The Bertz CT molecular complexity index is 390. The molecule has 1 heterocycles. The van der Waals surface area contributed by atoms with E-state index in [1.54, 1.807) is 0 Å². The van der Waals surface area contributed by atoms with Crippen LogP contribution >= 0.6 is 0 Å². The predicted molar refractivity (Wildman–Crippen MR) is 119 cm³/mol. The molecule has 4 N–H and O–H groups in total. The zero-order valence-corrected chi connectivity index (χ0v) is 19.4. The van der Waals surface area contributed by atoms with Gasteiger partial charge in [-0.1, -0.05) is 97.3 Å². The summed E-state index contributed by atoms with van der Waals surface area (Å²) in [6.07, 6.45) is 12.1. The summed E-state index contributed by atoms with van der Waals surface area (Å²) in [6, 6.07) is 0. The van der Waals surface area contributed by atoms with Gasteiger partial charge in [-0.05, 0) is 12.3 Å². The zero-order chi connectivity index (χ0) is 22.2. The van der Waals surface area contributed by atoms with E-state index in [0.29, 0.717) is 6.61 Å². The molecular weight excluding hydrogens is 384 g/mol. The summed E-state index contributed by atoms with van der Waals surface area (Å²) < 4.78 is 10.8. The van der Waals surface area contributed by atoms with Crippen LogP contribution in [-0.4, -0.2) is 64.3 Å². The largest absolute Gasteiger partial charge is 0.394 e. The minimum absolute atomic E-state index is 0.427. The van der Waals surface area contributed by atoms with E-state index in [0.717, 1.165) is 18.8 Å². The molecule has 1 fully saturated rings. The van der Waals surface area contributed by atoms with Crippen molar-refractivity contribution in [3.05, 3.63) is 0 Å². The van der Waals surface area contributed by atoms with Crippen LogP contribution in [0.2, 0.25) is 0 Å². The van der Waals surface area contributed by atoms with Crippen molar-refractivity contribution in [3.63, 3.8) is 0 Å². The molecule has 30 heavy (non-hydrogen) atoms. The minimum Gasteiger partial charge on any atom is -0.394 e. The van der Waals surface area contributed by atoms with Crippen molar-refractivity contribution >= 4 is 0 Å². The molecule has 0 aromatic carbocycles. The average Bonchev–Trinajstić information content (AvgIpc) is 2.73. The third-order valence-electron chi connectivity index (χ3n) is 6.06. The lowest BCUT2D eigenvalue weighted by Crippen LogP contribution is -2.59. The molecule has 0 radical (unpaired) electrons. The number of ether oxygens (including phenoxy) is 2. The summed E-state index contributed by atoms with van der Waals surface area (Å²) in [6.45, 7) is 4.61. The maximum Gasteiger partial charge on any atom is 0.186 e. The summed E-state index contributed by atoms with van der Waals surface area (Å²) >= 11 is 0. The average molecular weight is 433 g/mol. The fourth-order valence-electron chi connectivity index (χ4n) is 4.00. The van der Waals surface area contributed by atoms with Crippen LogP contribution in [0.25, 0.3) is 0 Å². The van der Waals surface area contributed by atoms with E-state index < -0.39 is 37.3 Å². The van der Waals surface area contributed by atoms with Crippen LogP contribution in [0.15, 0.2) is 0 Å². The molecule has 180 valence electrons. The van der Waals surface area contributed by atoms with Crippen molar-refractivity contribution in [2.75, 3.05) is 13.2 Å². The van der Waals surface area contributed by atoms with Gasteiger partial charge in [0, 0.05) is 6.61 Å². The van der Waals surface area contributed by atoms with Crippen molar-refractivity contribution in [1.29, 1.82) is 0 Å². The summed E-state index contributed by atoms with van der Waals surface area (Å²) in [4.78, 5) is 0. The highest BCUT2D eigenvalue weighted by Gasteiger charge is 2.43. The Morgan fingerprint density at radius 1 is 0.667 bits per heavy atom. The van der Waals surface area contributed by atoms with Crippen molar-refractivity contribution in [3.8, 4) is 0 Å². The van der Waals surface area contributed by atoms with Crippen LogP contribution in [-0.2, 0) is 9.47 Å². The van der Waals surface area contributed by atoms with Crippen molar-refractivity contribution in [2.45, 2.75) is 134 Å². The van der Waals surface area contributed by atoms with Gasteiger partial charge in [-0.15, -0.1) is 0 Å². The van der Waals surface area contributed by atoms with Crippen LogP contribution in [0, 0.1) is 5.92 Å². The molecule has 1 rings (SSSR count). The first-order valence-electron chi connectivity index (χ1n) is 12.4. The Kier molecular flexibility index (Phi) is 16.1. The standard InChI is InChI=1S/C24H48O6/c1-19(2)16-14-12-10-8-6-4-3-5-7-9-11-13-15-17-29-24-23(28)22(27)21(26)20(18-25)30-24/h19-28H,3-18H2,1-2H3/t20-,21-,22+,23-,24?/m1/s1. The quantitative estimate of drug-likeness (QED) is 0.245. The number of hydrogen-bond donors (Lipinski definition) is 4. The molecule has 1 aliphatic heterocycles. The second-order valence-corrected chi connectivity index (χ2v) is 9.35. The molecule has 0 aromatic rings. The van der Waals surface area contributed by atoms with E-state index in [-0.39, 0.29) is 0 Å². The van der Waals surface area contributed by atoms with E-state index in [1.807, 2.05) is 0 Å². The molecule has 6 nitrogen and oxygen atoms in total. The summed E-state index contributed by atoms with van der Waals surface area (Å²) in [7, 11) is 0. The van der Waals surface area contributed by atoms with Gasteiger partial charge in [0.25, 0.3) is 0 Å². The minimum atomic E-state index is -1.37. The maximum absolute atomic E-state index is 9.91. The van der Waals surface area contributed by atoms with E-state index >= 15 is 0 Å². The van der Waals surface area contributed by atoms with Crippen LogP contribution in [0.1, 0.15) is 104 Å². The molecule has 0 amide bonds. The molecule has 1 aliphatic rings. The van der Waals surface area contributed by atoms with Crippen molar-refractivity contribution < 1.29 is 29.9 Å². The molecule has 0 aliphatic carbocycles. The third kappa shape index (κ3) is 12.0. The fourth-order valence-corrected chi connectivity index (χ4v) is 4.00. The van der Waals surface area contributed by atoms with Crippen molar-refractivity contribution in [2.24, 2.45) is 5.92 Å². The number of unbranched alkanes of at least 4 members (excludes halogenated alkanes) is 12. The molecule has 0 aromatic heterocycles. The van der Waals surface area contributed by atoms with E-state index in [9.17, 15) is 20.4 Å². The number of hydrogen-bond acceptors (Lipinski definition) is 6. The van der Waals surface area contributed by atoms with Gasteiger partial charge in [0.1, 0.15) is 24.4 Å². The highest BCUT2D eigenvalue weighted by Crippen LogP contribution is 2.22. The Labute approximate surface area is 184 Å². The smallest absolute Gasteiger partial charge is 0.186 e. The number of rotatable bonds is 18. The first-order valence-corrected chi connectivity index (χ1v) is 12.4. The first-order chi connectivity index (χ1) is 14.5. The van der Waals surface area contributed by atoms with Gasteiger partial charge >= 0.3 is 0 Å². The summed E-state index contributed by atoms with van der Waals surface area (Å²) in [5.41, 5.74) is 0. The van der Waals surface area contributed by atoms with Gasteiger partial charge in [0.05, 0.1) is 6.61 Å². The molecule has 1 unspecified atom stereocenters. The van der Waals surface area contributed by atoms with E-state index in [4.69, 9.17) is 9.47 Å². The molecule has 0 bridgehead atoms.